The van der Waals surface area contributed by atoms with Crippen LogP contribution < -0.4 is 15.4 Å². The Labute approximate surface area is 164 Å². The molecule has 6 nitrogen and oxygen atoms in total. The number of urea groups is 1. The number of carbonyl (C=O) groups excluding carboxylic acids is 1. The van der Waals surface area contributed by atoms with Gasteiger partial charge in [-0.25, -0.2) is 4.79 Å². The normalized spacial score (nSPS) is 20.0. The van der Waals surface area contributed by atoms with Gasteiger partial charge in [-0.2, -0.15) is 0 Å². The summed E-state index contributed by atoms with van der Waals surface area (Å²) in [6, 6.07) is 16.7. The van der Waals surface area contributed by atoms with Crippen molar-refractivity contribution in [2.24, 2.45) is 5.92 Å². The van der Waals surface area contributed by atoms with Gasteiger partial charge in [-0.15, -0.1) is 0 Å². The van der Waals surface area contributed by atoms with Gasteiger partial charge in [0.15, 0.2) is 0 Å². The van der Waals surface area contributed by atoms with Gasteiger partial charge in [0.1, 0.15) is 5.75 Å². The van der Waals surface area contributed by atoms with Crippen LogP contribution in [0.15, 0.2) is 54.6 Å². The summed E-state index contributed by atoms with van der Waals surface area (Å²) in [4.78, 5) is 23.8. The molecule has 0 saturated heterocycles. The van der Waals surface area contributed by atoms with Gasteiger partial charge in [-0.3, -0.25) is 4.79 Å². The molecule has 148 valence electrons. The molecule has 0 bridgehead atoms. The van der Waals surface area contributed by atoms with E-state index in [1.165, 1.54) is 0 Å². The molecule has 0 spiro atoms. The number of benzene rings is 2. The van der Waals surface area contributed by atoms with Crippen LogP contribution in [-0.4, -0.2) is 30.3 Å². The third-order valence-corrected chi connectivity index (χ3v) is 5.27. The fraction of sp³-hybridized carbons (Fsp3) is 0.364. The quantitative estimate of drug-likeness (QED) is 0.710. The standard InChI is InChI=1S/C22H26N2O4/c1-28-19-10-6-5-9-18(19)20(15-7-3-2-4-8-15)24-22(27)23-17-13-11-16(12-14-17)21(25)26/h2-10,16-17,20H,11-14H2,1H3,(H,25,26)(H2,23,24,27). The average Bonchev–Trinajstić information content (AvgIpc) is 2.73. The molecule has 2 aromatic rings. The Morgan fingerprint density at radius 2 is 1.64 bits per heavy atom. The second kappa shape index (κ2) is 9.26. The van der Waals surface area contributed by atoms with E-state index in [-0.39, 0.29) is 24.0 Å². The molecule has 1 aliphatic rings. The zero-order valence-corrected chi connectivity index (χ0v) is 15.9. The number of amides is 2. The number of ether oxygens (including phenoxy) is 1. The first-order valence-corrected chi connectivity index (χ1v) is 9.56. The highest BCUT2D eigenvalue weighted by Crippen LogP contribution is 2.30. The summed E-state index contributed by atoms with van der Waals surface area (Å²) in [5, 5.41) is 15.2. The van der Waals surface area contributed by atoms with E-state index in [0.29, 0.717) is 31.4 Å². The minimum Gasteiger partial charge on any atom is -0.496 e. The summed E-state index contributed by atoms with van der Waals surface area (Å²) in [6.45, 7) is 0. The molecule has 3 N–H and O–H groups in total. The maximum atomic E-state index is 12.7. The summed E-state index contributed by atoms with van der Waals surface area (Å²) in [5.74, 6) is -0.339. The highest BCUT2D eigenvalue weighted by atomic mass is 16.5. The van der Waals surface area contributed by atoms with Crippen molar-refractivity contribution < 1.29 is 19.4 Å². The van der Waals surface area contributed by atoms with Crippen LogP contribution in [-0.2, 0) is 4.79 Å². The number of rotatable bonds is 6. The number of carboxylic acids is 1. The third kappa shape index (κ3) is 4.82. The van der Waals surface area contributed by atoms with Gasteiger partial charge in [0, 0.05) is 11.6 Å². The van der Waals surface area contributed by atoms with Crippen LogP contribution in [0.5, 0.6) is 5.75 Å². The first-order valence-electron chi connectivity index (χ1n) is 9.56. The van der Waals surface area contributed by atoms with Crippen LogP contribution in [0.2, 0.25) is 0 Å². The molecule has 1 fully saturated rings. The Bertz CT molecular complexity index is 801. The molecule has 1 atom stereocenters. The van der Waals surface area contributed by atoms with Crippen molar-refractivity contribution >= 4 is 12.0 Å². The fourth-order valence-electron chi connectivity index (χ4n) is 3.73. The highest BCUT2D eigenvalue weighted by molar-refractivity contribution is 5.76. The molecule has 1 saturated carbocycles. The maximum Gasteiger partial charge on any atom is 0.315 e. The number of para-hydroxylation sites is 1. The first-order chi connectivity index (χ1) is 13.6. The van der Waals surface area contributed by atoms with Crippen molar-refractivity contribution in [2.75, 3.05) is 7.11 Å². The minimum atomic E-state index is -0.747. The molecule has 2 amide bonds. The first kappa shape index (κ1) is 19.7. The maximum absolute atomic E-state index is 12.7. The minimum absolute atomic E-state index is 0.00954. The van der Waals surface area contributed by atoms with Gasteiger partial charge >= 0.3 is 12.0 Å². The van der Waals surface area contributed by atoms with Crippen LogP contribution in [0, 0.1) is 5.92 Å². The largest absolute Gasteiger partial charge is 0.496 e. The van der Waals surface area contributed by atoms with Crippen LogP contribution in [0.3, 0.4) is 0 Å². The summed E-state index contributed by atoms with van der Waals surface area (Å²) >= 11 is 0. The monoisotopic (exact) mass is 382 g/mol. The SMILES string of the molecule is COc1ccccc1C(NC(=O)NC1CCC(C(=O)O)CC1)c1ccccc1. The molecule has 1 aliphatic carbocycles. The number of carbonyl (C=O) groups is 2. The van der Waals surface area contributed by atoms with Crippen LogP contribution in [0.1, 0.15) is 42.9 Å². The number of aliphatic carboxylic acids is 1. The zero-order chi connectivity index (χ0) is 19.9. The Balaban J connectivity index is 1.72. The Morgan fingerprint density at radius 1 is 1.00 bits per heavy atom. The van der Waals surface area contributed by atoms with Crippen molar-refractivity contribution in [1.82, 2.24) is 10.6 Å². The van der Waals surface area contributed by atoms with Crippen molar-refractivity contribution in [3.63, 3.8) is 0 Å². The fourth-order valence-corrected chi connectivity index (χ4v) is 3.73. The Kier molecular flexibility index (Phi) is 6.53. The lowest BCUT2D eigenvalue weighted by Gasteiger charge is -2.28. The zero-order valence-electron chi connectivity index (χ0n) is 15.9. The van der Waals surface area contributed by atoms with Crippen molar-refractivity contribution in [3.8, 4) is 5.75 Å². The van der Waals surface area contributed by atoms with Gasteiger partial charge in [0.2, 0.25) is 0 Å². The van der Waals surface area contributed by atoms with E-state index < -0.39 is 5.97 Å². The Morgan fingerprint density at radius 3 is 2.29 bits per heavy atom. The van der Waals surface area contributed by atoms with E-state index in [9.17, 15) is 9.59 Å². The molecule has 0 aliphatic heterocycles. The topological polar surface area (TPSA) is 87.7 Å². The summed E-state index contributed by atoms with van der Waals surface area (Å²) in [5.41, 5.74) is 1.83. The number of methoxy groups -OCH3 is 1. The van der Waals surface area contributed by atoms with Gasteiger partial charge < -0.3 is 20.5 Å². The number of hydrogen-bond donors (Lipinski definition) is 3. The van der Waals surface area contributed by atoms with E-state index in [2.05, 4.69) is 10.6 Å². The predicted molar refractivity (Wildman–Crippen MR) is 106 cm³/mol. The second-order valence-electron chi connectivity index (χ2n) is 7.09. The summed E-state index contributed by atoms with van der Waals surface area (Å²) in [7, 11) is 1.61. The predicted octanol–water partition coefficient (Wildman–Crippen LogP) is 3.73. The third-order valence-electron chi connectivity index (χ3n) is 5.27. The van der Waals surface area contributed by atoms with E-state index in [1.807, 2.05) is 54.6 Å². The van der Waals surface area contributed by atoms with Crippen molar-refractivity contribution in [2.45, 2.75) is 37.8 Å². The van der Waals surface area contributed by atoms with Crippen molar-refractivity contribution in [3.05, 3.63) is 65.7 Å². The highest BCUT2D eigenvalue weighted by Gasteiger charge is 2.27. The molecule has 0 radical (unpaired) electrons. The van der Waals surface area contributed by atoms with Crippen LogP contribution in [0.25, 0.3) is 0 Å². The van der Waals surface area contributed by atoms with E-state index in [1.54, 1.807) is 7.11 Å². The summed E-state index contributed by atoms with van der Waals surface area (Å²) in [6.07, 6.45) is 2.54. The lowest BCUT2D eigenvalue weighted by molar-refractivity contribution is -0.142. The van der Waals surface area contributed by atoms with Crippen LogP contribution >= 0.6 is 0 Å². The lowest BCUT2D eigenvalue weighted by atomic mass is 9.86. The number of hydrogen-bond acceptors (Lipinski definition) is 3. The van der Waals surface area contributed by atoms with Gasteiger partial charge in [-0.1, -0.05) is 48.5 Å². The van der Waals surface area contributed by atoms with Gasteiger partial charge in [-0.05, 0) is 37.3 Å². The number of nitrogens with one attached hydrogen (secondary N) is 2. The number of carboxylic acid groups (broad SMARTS) is 1. The molecule has 2 aromatic carbocycles. The smallest absolute Gasteiger partial charge is 0.315 e. The Hall–Kier alpha value is -3.02. The van der Waals surface area contributed by atoms with E-state index in [0.717, 1.165) is 11.1 Å². The van der Waals surface area contributed by atoms with E-state index in [4.69, 9.17) is 9.84 Å². The molecule has 1 unspecified atom stereocenters. The molecule has 28 heavy (non-hydrogen) atoms. The average molecular weight is 382 g/mol. The molecular weight excluding hydrogens is 356 g/mol. The van der Waals surface area contributed by atoms with Crippen molar-refractivity contribution in [1.29, 1.82) is 0 Å². The molecule has 0 aromatic heterocycles. The molecule has 3 rings (SSSR count). The molecular formula is C22H26N2O4. The molecule has 6 heteroatoms. The van der Waals surface area contributed by atoms with Crippen LogP contribution in [0.4, 0.5) is 4.79 Å². The molecule has 0 heterocycles. The van der Waals surface area contributed by atoms with Gasteiger partial charge in [0.25, 0.3) is 0 Å². The van der Waals surface area contributed by atoms with E-state index >= 15 is 0 Å². The lowest BCUT2D eigenvalue weighted by Crippen LogP contribution is -2.45. The second-order valence-corrected chi connectivity index (χ2v) is 7.09. The summed E-state index contributed by atoms with van der Waals surface area (Å²) < 4.78 is 5.49. The van der Waals surface area contributed by atoms with Gasteiger partial charge in [0.05, 0.1) is 19.1 Å².